The number of carbonyl (C=O) groups is 2. The monoisotopic (exact) mass is 403 g/mol. The van der Waals surface area contributed by atoms with Gasteiger partial charge in [0, 0.05) is 50.9 Å². The van der Waals surface area contributed by atoms with Crippen molar-refractivity contribution in [1.82, 2.24) is 14.7 Å². The fourth-order valence-electron chi connectivity index (χ4n) is 4.15. The van der Waals surface area contributed by atoms with Crippen LogP contribution in [0.25, 0.3) is 0 Å². The molecule has 2 amide bonds. The van der Waals surface area contributed by atoms with Gasteiger partial charge in [-0.3, -0.25) is 4.90 Å². The van der Waals surface area contributed by atoms with Gasteiger partial charge in [-0.15, -0.1) is 0 Å². The van der Waals surface area contributed by atoms with E-state index in [0.29, 0.717) is 12.0 Å². The third-order valence-electron chi connectivity index (χ3n) is 5.34. The van der Waals surface area contributed by atoms with E-state index < -0.39 is 12.1 Å². The first kappa shape index (κ1) is 20.5. The predicted octanol–water partition coefficient (Wildman–Crippen LogP) is 2.63. The van der Waals surface area contributed by atoms with Gasteiger partial charge in [0.15, 0.2) is 0 Å². The van der Waals surface area contributed by atoms with Crippen LogP contribution in [0.5, 0.6) is 0 Å². The number of fused-ring (bicyclic) bond motifs is 2. The van der Waals surface area contributed by atoms with Crippen molar-refractivity contribution in [2.45, 2.75) is 38.0 Å². The highest BCUT2D eigenvalue weighted by Gasteiger charge is 2.42. The van der Waals surface area contributed by atoms with Crippen molar-refractivity contribution < 1.29 is 32.3 Å². The molecule has 7 nitrogen and oxygen atoms in total. The molecule has 2 unspecified atom stereocenters. The highest BCUT2D eigenvalue weighted by Crippen LogP contribution is 2.31. The summed E-state index contributed by atoms with van der Waals surface area (Å²) in [5, 5.41) is 7.12. The second-order valence-electron chi connectivity index (χ2n) is 7.51. The second-order valence-corrected chi connectivity index (χ2v) is 7.51. The van der Waals surface area contributed by atoms with Gasteiger partial charge in [0.05, 0.1) is 12.5 Å². The number of piperidine rings is 1. The third-order valence-corrected chi connectivity index (χ3v) is 5.34. The van der Waals surface area contributed by atoms with E-state index in [0.717, 1.165) is 39.3 Å². The first-order valence-corrected chi connectivity index (χ1v) is 9.33. The number of aliphatic carboxylic acids is 1. The van der Waals surface area contributed by atoms with E-state index in [9.17, 15) is 18.0 Å². The highest BCUT2D eigenvalue weighted by atomic mass is 19.4. The van der Waals surface area contributed by atoms with Crippen molar-refractivity contribution in [2.24, 2.45) is 5.92 Å². The van der Waals surface area contributed by atoms with Gasteiger partial charge >= 0.3 is 18.2 Å². The molecule has 0 spiro atoms. The lowest BCUT2D eigenvalue weighted by molar-refractivity contribution is -0.192. The molecule has 28 heavy (non-hydrogen) atoms. The molecule has 10 heteroatoms. The van der Waals surface area contributed by atoms with Gasteiger partial charge in [0.2, 0.25) is 0 Å². The number of rotatable bonds is 2. The molecule has 1 aromatic heterocycles. The molecule has 4 heterocycles. The summed E-state index contributed by atoms with van der Waals surface area (Å²) in [6.07, 6.45) is 1.99. The molecule has 0 aromatic carbocycles. The predicted molar refractivity (Wildman–Crippen MR) is 92.5 cm³/mol. The largest absolute Gasteiger partial charge is 0.490 e. The zero-order chi connectivity index (χ0) is 20.3. The van der Waals surface area contributed by atoms with Crippen molar-refractivity contribution >= 4 is 12.0 Å². The number of amides is 2. The number of likely N-dealkylation sites (tertiary alicyclic amines) is 3. The Hall–Kier alpha value is -2.23. The number of hydrogen-bond donors (Lipinski definition) is 1. The minimum atomic E-state index is -5.08. The molecule has 3 aliphatic heterocycles. The lowest BCUT2D eigenvalue weighted by atomic mass is 10.00. The molecule has 0 aliphatic carbocycles. The summed E-state index contributed by atoms with van der Waals surface area (Å²) in [4.78, 5) is 28.2. The Morgan fingerprint density at radius 1 is 1.18 bits per heavy atom. The van der Waals surface area contributed by atoms with Gasteiger partial charge in [0.1, 0.15) is 0 Å². The van der Waals surface area contributed by atoms with Crippen LogP contribution in [0.15, 0.2) is 23.0 Å². The maximum atomic E-state index is 12.6. The van der Waals surface area contributed by atoms with Crippen LogP contribution in [0.2, 0.25) is 0 Å². The van der Waals surface area contributed by atoms with E-state index >= 15 is 0 Å². The summed E-state index contributed by atoms with van der Waals surface area (Å²) in [7, 11) is 0. The molecule has 2 bridgehead atoms. The van der Waals surface area contributed by atoms with Crippen LogP contribution in [-0.4, -0.2) is 76.7 Å². The maximum absolute atomic E-state index is 12.6. The first-order valence-electron chi connectivity index (χ1n) is 9.33. The average Bonchev–Trinajstić information content (AvgIpc) is 3.36. The van der Waals surface area contributed by atoms with E-state index in [1.54, 1.807) is 6.26 Å². The van der Waals surface area contributed by atoms with Crippen LogP contribution >= 0.6 is 0 Å². The number of urea groups is 1. The standard InChI is InChI=1S/C16H23N3O2.C2HF3O2/c20-16(18-4-1-2-5-18)19-10-14-7-15(19)11-17(9-14)8-13-3-6-21-12-13;3-2(4,5)1(6)7/h3,6,12,14-15H,1-2,4-5,7-11H2;(H,6,7). The number of alkyl halides is 3. The summed E-state index contributed by atoms with van der Waals surface area (Å²) in [6.45, 7) is 5.89. The van der Waals surface area contributed by atoms with Crippen LogP contribution in [0.1, 0.15) is 24.8 Å². The maximum Gasteiger partial charge on any atom is 0.490 e. The smallest absolute Gasteiger partial charge is 0.475 e. The van der Waals surface area contributed by atoms with Crippen molar-refractivity contribution in [2.75, 3.05) is 32.7 Å². The van der Waals surface area contributed by atoms with Gasteiger partial charge < -0.3 is 19.3 Å². The molecule has 0 saturated carbocycles. The van der Waals surface area contributed by atoms with E-state index in [4.69, 9.17) is 14.3 Å². The molecule has 156 valence electrons. The number of carbonyl (C=O) groups excluding carboxylic acids is 1. The summed E-state index contributed by atoms with van der Waals surface area (Å²) >= 11 is 0. The van der Waals surface area contributed by atoms with Crippen molar-refractivity contribution in [3.8, 4) is 0 Å². The molecule has 0 radical (unpaired) electrons. The van der Waals surface area contributed by atoms with E-state index in [2.05, 4.69) is 9.80 Å². The highest BCUT2D eigenvalue weighted by molar-refractivity contribution is 5.75. The van der Waals surface area contributed by atoms with E-state index in [1.165, 1.54) is 24.8 Å². The molecule has 3 fully saturated rings. The van der Waals surface area contributed by atoms with Gasteiger partial charge in [-0.05, 0) is 31.2 Å². The number of carboxylic acids is 1. The number of hydrogen-bond acceptors (Lipinski definition) is 4. The molecule has 2 atom stereocenters. The lowest BCUT2D eigenvalue weighted by Gasteiger charge is -2.33. The van der Waals surface area contributed by atoms with Crippen LogP contribution in [0, 0.1) is 5.92 Å². The summed E-state index contributed by atoms with van der Waals surface area (Å²) in [6, 6.07) is 2.72. The number of carboxylic acid groups (broad SMARTS) is 1. The van der Waals surface area contributed by atoms with Crippen molar-refractivity contribution in [3.05, 3.63) is 24.2 Å². The second kappa shape index (κ2) is 8.42. The van der Waals surface area contributed by atoms with Crippen molar-refractivity contribution in [3.63, 3.8) is 0 Å². The van der Waals surface area contributed by atoms with Crippen LogP contribution in [0.3, 0.4) is 0 Å². The van der Waals surface area contributed by atoms with Gasteiger partial charge in [-0.2, -0.15) is 13.2 Å². The van der Waals surface area contributed by atoms with Crippen LogP contribution in [0.4, 0.5) is 18.0 Å². The zero-order valence-corrected chi connectivity index (χ0v) is 15.4. The molecular weight excluding hydrogens is 379 g/mol. The number of nitrogens with zero attached hydrogens (tertiary/aromatic N) is 3. The Morgan fingerprint density at radius 2 is 1.86 bits per heavy atom. The fourth-order valence-corrected chi connectivity index (χ4v) is 4.15. The van der Waals surface area contributed by atoms with Crippen LogP contribution in [-0.2, 0) is 11.3 Å². The Kier molecular flexibility index (Phi) is 6.17. The van der Waals surface area contributed by atoms with Gasteiger partial charge in [-0.1, -0.05) is 0 Å². The van der Waals surface area contributed by atoms with Crippen LogP contribution < -0.4 is 0 Å². The Labute approximate surface area is 160 Å². The normalized spacial score (nSPS) is 24.8. The minimum Gasteiger partial charge on any atom is -0.475 e. The Bertz CT molecular complexity index is 674. The van der Waals surface area contributed by atoms with E-state index in [1.807, 2.05) is 17.2 Å². The molecule has 1 N–H and O–H groups in total. The Balaban J connectivity index is 0.000000279. The molecule has 3 saturated heterocycles. The quantitative estimate of drug-likeness (QED) is 0.822. The molecule has 1 aromatic rings. The number of halogens is 3. The first-order chi connectivity index (χ1) is 13.2. The number of furan rings is 1. The van der Waals surface area contributed by atoms with Gasteiger partial charge in [0.25, 0.3) is 0 Å². The van der Waals surface area contributed by atoms with Crippen molar-refractivity contribution in [1.29, 1.82) is 0 Å². The lowest BCUT2D eigenvalue weighted by Crippen LogP contribution is -2.47. The summed E-state index contributed by atoms with van der Waals surface area (Å²) in [5.74, 6) is -2.12. The third kappa shape index (κ3) is 4.98. The Morgan fingerprint density at radius 3 is 2.43 bits per heavy atom. The topological polar surface area (TPSA) is 77.2 Å². The van der Waals surface area contributed by atoms with Gasteiger partial charge in [-0.25, -0.2) is 9.59 Å². The zero-order valence-electron chi connectivity index (χ0n) is 15.4. The minimum absolute atomic E-state index is 0.283. The summed E-state index contributed by atoms with van der Waals surface area (Å²) in [5.41, 5.74) is 1.23. The summed E-state index contributed by atoms with van der Waals surface area (Å²) < 4.78 is 36.9. The molecule has 4 rings (SSSR count). The molecule has 3 aliphatic rings. The SMILES string of the molecule is O=C(N1CCCC1)N1CC2CC1CN(Cc1ccoc1)C2.O=C(O)C(F)(F)F. The fraction of sp³-hybridized carbons (Fsp3) is 0.667. The molecular formula is C18H24F3N3O4. The van der Waals surface area contributed by atoms with E-state index in [-0.39, 0.29) is 6.03 Å². The average molecular weight is 403 g/mol.